The molecule has 1 atom stereocenters. The molecule has 9 nitrogen and oxygen atoms in total. The molecule has 41 heavy (non-hydrogen) atoms. The van der Waals surface area contributed by atoms with E-state index in [1.165, 1.54) is 23.1 Å². The van der Waals surface area contributed by atoms with E-state index in [-0.39, 0.29) is 29.1 Å². The second-order valence-electron chi connectivity index (χ2n) is 9.76. The van der Waals surface area contributed by atoms with Crippen LogP contribution < -0.4 is 19.1 Å². The number of hydrogen-bond donors (Lipinski definition) is 1. The number of fused-ring (bicyclic) bond motifs is 1. The van der Waals surface area contributed by atoms with Crippen LogP contribution in [0.1, 0.15) is 26.3 Å². The van der Waals surface area contributed by atoms with Crippen LogP contribution in [0.2, 0.25) is 10.0 Å². The van der Waals surface area contributed by atoms with Crippen molar-refractivity contribution >= 4 is 50.7 Å². The van der Waals surface area contributed by atoms with Crippen LogP contribution in [0.4, 0.5) is 5.69 Å². The van der Waals surface area contributed by atoms with Crippen LogP contribution in [0.15, 0.2) is 71.6 Å². The van der Waals surface area contributed by atoms with Crippen LogP contribution in [0.5, 0.6) is 11.5 Å². The number of sulfonamides is 1. The van der Waals surface area contributed by atoms with E-state index < -0.39 is 28.5 Å². The fraction of sp³-hybridized carbons (Fsp3) is 0.310. The standard InChI is InChI=1S/C29H31Cl2N3O6S/c1-19(2)32-29(36)20(3)33(17-21-9-11-24(30)25(31)15-21)28(35)18-34(41(37,38)23-7-5-4-6-8-23)22-10-12-26-27(16-22)40-14-13-39-26/h4-12,15-16,19-20H,13-14,17-18H2,1-3H3,(H,32,36)/t20-/m0/s1. The smallest absolute Gasteiger partial charge is 0.264 e. The molecule has 3 aromatic carbocycles. The minimum Gasteiger partial charge on any atom is -0.486 e. The number of ether oxygens (including phenoxy) is 2. The number of nitrogens with zero attached hydrogens (tertiary/aromatic N) is 2. The van der Waals surface area contributed by atoms with Gasteiger partial charge in [-0.2, -0.15) is 0 Å². The summed E-state index contributed by atoms with van der Waals surface area (Å²) in [6, 6.07) is 16.3. The molecule has 0 saturated carbocycles. The Kier molecular flexibility index (Phi) is 9.68. The predicted molar refractivity (Wildman–Crippen MR) is 158 cm³/mol. The summed E-state index contributed by atoms with van der Waals surface area (Å²) in [5.74, 6) is -0.141. The molecular weight excluding hydrogens is 589 g/mol. The SMILES string of the molecule is CC(C)NC(=O)[C@H](C)N(Cc1ccc(Cl)c(Cl)c1)C(=O)CN(c1ccc2c(c1)OCCO2)S(=O)(=O)c1ccccc1. The van der Waals surface area contributed by atoms with Crippen LogP contribution in [-0.2, 0) is 26.2 Å². The number of amides is 2. The van der Waals surface area contributed by atoms with E-state index in [1.807, 2.05) is 13.8 Å². The zero-order valence-electron chi connectivity index (χ0n) is 22.8. The summed E-state index contributed by atoms with van der Waals surface area (Å²) in [4.78, 5) is 28.4. The van der Waals surface area contributed by atoms with Crippen molar-refractivity contribution < 1.29 is 27.5 Å². The van der Waals surface area contributed by atoms with E-state index in [9.17, 15) is 18.0 Å². The number of benzene rings is 3. The topological polar surface area (TPSA) is 105 Å². The summed E-state index contributed by atoms with van der Waals surface area (Å²) in [5, 5.41) is 3.45. The summed E-state index contributed by atoms with van der Waals surface area (Å²) in [6.45, 7) is 5.29. The number of halogens is 2. The molecule has 0 radical (unpaired) electrons. The van der Waals surface area contributed by atoms with Crippen molar-refractivity contribution in [1.29, 1.82) is 0 Å². The third-order valence-corrected chi connectivity index (χ3v) is 8.89. The summed E-state index contributed by atoms with van der Waals surface area (Å²) in [7, 11) is -4.21. The van der Waals surface area contributed by atoms with Crippen LogP contribution in [0.25, 0.3) is 0 Å². The monoisotopic (exact) mass is 619 g/mol. The molecule has 1 heterocycles. The lowest BCUT2D eigenvalue weighted by Crippen LogP contribution is -2.52. The van der Waals surface area contributed by atoms with Gasteiger partial charge >= 0.3 is 0 Å². The van der Waals surface area contributed by atoms with E-state index in [4.69, 9.17) is 32.7 Å². The van der Waals surface area contributed by atoms with Gasteiger partial charge in [-0.05, 0) is 62.7 Å². The normalized spacial score (nSPS) is 13.4. The first-order valence-corrected chi connectivity index (χ1v) is 15.2. The molecule has 3 aromatic rings. The number of nitrogens with one attached hydrogen (secondary N) is 1. The third-order valence-electron chi connectivity index (χ3n) is 6.36. The molecule has 1 aliphatic rings. The second-order valence-corrected chi connectivity index (χ2v) is 12.4. The molecule has 0 bridgehead atoms. The highest BCUT2D eigenvalue weighted by molar-refractivity contribution is 7.92. The van der Waals surface area contributed by atoms with Crippen molar-refractivity contribution in [2.75, 3.05) is 24.1 Å². The zero-order chi connectivity index (χ0) is 29.7. The first-order chi connectivity index (χ1) is 19.5. The van der Waals surface area contributed by atoms with Gasteiger partial charge in [-0.25, -0.2) is 8.42 Å². The molecule has 218 valence electrons. The van der Waals surface area contributed by atoms with E-state index in [1.54, 1.807) is 55.5 Å². The molecule has 0 aliphatic carbocycles. The minimum atomic E-state index is -4.21. The maximum absolute atomic E-state index is 14.0. The van der Waals surface area contributed by atoms with Crippen LogP contribution in [0.3, 0.4) is 0 Å². The molecule has 4 rings (SSSR count). The van der Waals surface area contributed by atoms with E-state index in [2.05, 4.69) is 5.32 Å². The Hall–Kier alpha value is -3.47. The number of hydrogen-bond acceptors (Lipinski definition) is 6. The zero-order valence-corrected chi connectivity index (χ0v) is 25.2. The summed E-state index contributed by atoms with van der Waals surface area (Å²) in [5.41, 5.74) is 0.828. The fourth-order valence-corrected chi connectivity index (χ4v) is 6.01. The lowest BCUT2D eigenvalue weighted by Gasteiger charge is -2.32. The van der Waals surface area contributed by atoms with Crippen LogP contribution in [-0.4, -0.2) is 57.0 Å². The highest BCUT2D eigenvalue weighted by atomic mass is 35.5. The van der Waals surface area contributed by atoms with E-state index in [0.717, 1.165) is 4.31 Å². The number of carbonyl (C=O) groups is 2. The Labute approximate surface area is 250 Å². The molecule has 0 unspecified atom stereocenters. The summed E-state index contributed by atoms with van der Waals surface area (Å²) in [6.07, 6.45) is 0. The Morgan fingerprint density at radius 2 is 1.59 bits per heavy atom. The molecule has 0 spiro atoms. The highest BCUT2D eigenvalue weighted by Gasteiger charge is 2.33. The summed E-state index contributed by atoms with van der Waals surface area (Å²) < 4.78 is 40.1. The van der Waals surface area contributed by atoms with Gasteiger partial charge in [0.2, 0.25) is 11.8 Å². The van der Waals surface area contributed by atoms with Crippen molar-refractivity contribution in [2.45, 2.75) is 44.3 Å². The van der Waals surface area contributed by atoms with Crippen molar-refractivity contribution in [3.63, 3.8) is 0 Å². The van der Waals surface area contributed by atoms with E-state index in [0.29, 0.717) is 40.3 Å². The Bertz CT molecular complexity index is 1520. The second kappa shape index (κ2) is 13.0. The minimum absolute atomic E-state index is 0.00400. The first-order valence-electron chi connectivity index (χ1n) is 13.0. The molecule has 0 fully saturated rings. The number of anilines is 1. The maximum atomic E-state index is 14.0. The van der Waals surface area contributed by atoms with Crippen molar-refractivity contribution in [3.05, 3.63) is 82.3 Å². The molecule has 12 heteroatoms. The number of carbonyl (C=O) groups excluding carboxylic acids is 2. The quantitative estimate of drug-likeness (QED) is 0.346. The van der Waals surface area contributed by atoms with E-state index >= 15 is 0 Å². The number of rotatable bonds is 10. The summed E-state index contributed by atoms with van der Waals surface area (Å²) >= 11 is 12.3. The molecule has 0 saturated heterocycles. The predicted octanol–water partition coefficient (Wildman–Crippen LogP) is 4.90. The average Bonchev–Trinajstić information content (AvgIpc) is 2.95. The molecule has 0 aromatic heterocycles. The van der Waals surface area contributed by atoms with Crippen molar-refractivity contribution in [2.24, 2.45) is 0 Å². The lowest BCUT2D eigenvalue weighted by atomic mass is 10.1. The lowest BCUT2D eigenvalue weighted by molar-refractivity contribution is -0.139. The van der Waals surface area contributed by atoms with Gasteiger partial charge in [0.05, 0.1) is 20.6 Å². The van der Waals surface area contributed by atoms with Crippen molar-refractivity contribution in [3.8, 4) is 11.5 Å². The largest absolute Gasteiger partial charge is 0.486 e. The molecule has 1 N–H and O–H groups in total. The maximum Gasteiger partial charge on any atom is 0.264 e. The average molecular weight is 621 g/mol. The van der Waals surface area contributed by atoms with Gasteiger partial charge in [-0.3, -0.25) is 13.9 Å². The first kappa shape index (κ1) is 30.5. The molecule has 1 aliphatic heterocycles. The van der Waals surface area contributed by atoms with Gasteiger partial charge in [0.15, 0.2) is 11.5 Å². The van der Waals surface area contributed by atoms with Gasteiger partial charge in [0, 0.05) is 18.7 Å². The van der Waals surface area contributed by atoms with Crippen LogP contribution in [0, 0.1) is 0 Å². The van der Waals surface area contributed by atoms with Gasteiger partial charge in [-0.15, -0.1) is 0 Å². The fourth-order valence-electron chi connectivity index (χ4n) is 4.26. The van der Waals surface area contributed by atoms with Gasteiger partial charge in [0.1, 0.15) is 25.8 Å². The highest BCUT2D eigenvalue weighted by Crippen LogP contribution is 2.36. The Morgan fingerprint density at radius 3 is 2.24 bits per heavy atom. The molecule has 2 amide bonds. The van der Waals surface area contributed by atoms with Crippen molar-refractivity contribution in [1.82, 2.24) is 10.2 Å². The molecular formula is C29H31Cl2N3O6S. The van der Waals surface area contributed by atoms with Crippen LogP contribution >= 0.6 is 23.2 Å². The van der Waals surface area contributed by atoms with Gasteiger partial charge < -0.3 is 19.7 Å². The Morgan fingerprint density at radius 1 is 0.902 bits per heavy atom. The Balaban J connectivity index is 1.74. The van der Waals surface area contributed by atoms with Gasteiger partial charge in [0.25, 0.3) is 10.0 Å². The van der Waals surface area contributed by atoms with Gasteiger partial charge in [-0.1, -0.05) is 47.5 Å². The third kappa shape index (κ3) is 7.25.